The molecule has 1 fully saturated rings. The van der Waals surface area contributed by atoms with Gasteiger partial charge in [-0.25, -0.2) is 0 Å². The Bertz CT molecular complexity index is 248. The summed E-state index contributed by atoms with van der Waals surface area (Å²) in [4.78, 5) is 13.7. The van der Waals surface area contributed by atoms with Crippen LogP contribution in [0.5, 0.6) is 0 Å². The van der Waals surface area contributed by atoms with Crippen molar-refractivity contribution in [3.63, 3.8) is 0 Å². The van der Waals surface area contributed by atoms with E-state index >= 15 is 0 Å². The molecule has 0 saturated carbocycles. The van der Waals surface area contributed by atoms with Crippen LogP contribution in [-0.2, 0) is 4.79 Å². The molecule has 19 heavy (non-hydrogen) atoms. The molecule has 4 nitrogen and oxygen atoms in total. The van der Waals surface area contributed by atoms with Crippen LogP contribution in [0.4, 0.5) is 0 Å². The topological polar surface area (TPSA) is 44.4 Å². The van der Waals surface area contributed by atoms with Gasteiger partial charge in [-0.1, -0.05) is 6.42 Å². The Labute approximate surface area is 118 Å². The fourth-order valence-electron chi connectivity index (χ4n) is 2.80. The van der Waals surface area contributed by atoms with Gasteiger partial charge in [0.05, 0.1) is 0 Å². The maximum atomic E-state index is 11.9. The summed E-state index contributed by atoms with van der Waals surface area (Å²) in [5.41, 5.74) is 0. The lowest BCUT2D eigenvalue weighted by atomic mass is 9.99. The summed E-state index contributed by atoms with van der Waals surface area (Å²) >= 11 is 0. The summed E-state index contributed by atoms with van der Waals surface area (Å²) in [5, 5.41) is 7.05. The molecule has 1 aliphatic rings. The number of hydrogen-bond donors (Lipinski definition) is 2. The molecule has 4 heteroatoms. The Morgan fingerprint density at radius 3 is 2.68 bits per heavy atom. The molecular formula is C15H31N3O. The van der Waals surface area contributed by atoms with Gasteiger partial charge in [0.2, 0.25) is 5.91 Å². The number of carbonyl (C=O) groups excluding carboxylic acids is 1. The number of amides is 1. The Morgan fingerprint density at radius 2 is 2.11 bits per heavy atom. The molecule has 0 aromatic rings. The number of rotatable bonds is 8. The maximum absolute atomic E-state index is 11.9. The van der Waals surface area contributed by atoms with Crippen molar-refractivity contribution in [2.45, 2.75) is 65.0 Å². The zero-order valence-corrected chi connectivity index (χ0v) is 12.9. The first-order chi connectivity index (χ1) is 9.17. The van der Waals surface area contributed by atoms with Gasteiger partial charge in [-0.15, -0.1) is 0 Å². The zero-order valence-electron chi connectivity index (χ0n) is 12.9. The second kappa shape index (κ2) is 9.32. The van der Waals surface area contributed by atoms with Gasteiger partial charge in [-0.2, -0.15) is 0 Å². The Hall–Kier alpha value is -0.610. The molecule has 2 N–H and O–H groups in total. The van der Waals surface area contributed by atoms with Crippen molar-refractivity contribution in [1.29, 1.82) is 0 Å². The SMILES string of the molecule is CCN(CC)C(=O)CCNC(C)CC1CCCCN1. The number of nitrogens with one attached hydrogen (secondary N) is 2. The third kappa shape index (κ3) is 6.39. The smallest absolute Gasteiger partial charge is 0.223 e. The van der Waals surface area contributed by atoms with E-state index in [-0.39, 0.29) is 5.91 Å². The van der Waals surface area contributed by atoms with E-state index in [4.69, 9.17) is 0 Å². The highest BCUT2D eigenvalue weighted by Crippen LogP contribution is 2.11. The summed E-state index contributed by atoms with van der Waals surface area (Å²) in [7, 11) is 0. The monoisotopic (exact) mass is 269 g/mol. The lowest BCUT2D eigenvalue weighted by molar-refractivity contribution is -0.130. The van der Waals surface area contributed by atoms with E-state index in [1.807, 2.05) is 18.7 Å². The van der Waals surface area contributed by atoms with Crippen LogP contribution < -0.4 is 10.6 Å². The minimum absolute atomic E-state index is 0.264. The van der Waals surface area contributed by atoms with Gasteiger partial charge in [0.15, 0.2) is 0 Å². The lowest BCUT2D eigenvalue weighted by Gasteiger charge is -2.26. The minimum atomic E-state index is 0.264. The highest BCUT2D eigenvalue weighted by molar-refractivity contribution is 5.76. The van der Waals surface area contributed by atoms with Crippen molar-refractivity contribution in [1.82, 2.24) is 15.5 Å². The van der Waals surface area contributed by atoms with Crippen LogP contribution in [0.25, 0.3) is 0 Å². The molecule has 1 aliphatic heterocycles. The van der Waals surface area contributed by atoms with Gasteiger partial charge in [-0.3, -0.25) is 4.79 Å². The number of carbonyl (C=O) groups is 1. The molecule has 0 radical (unpaired) electrons. The predicted octanol–water partition coefficient (Wildman–Crippen LogP) is 1.76. The van der Waals surface area contributed by atoms with Crippen LogP contribution in [0, 0.1) is 0 Å². The van der Waals surface area contributed by atoms with Crippen molar-refractivity contribution in [2.75, 3.05) is 26.2 Å². The molecule has 0 aromatic heterocycles. The molecule has 1 amide bonds. The standard InChI is InChI=1S/C15H31N3O/c1-4-18(5-2)15(19)9-11-16-13(3)12-14-8-6-7-10-17-14/h13-14,16-17H,4-12H2,1-3H3. The first kappa shape index (κ1) is 16.4. The average Bonchev–Trinajstić information content (AvgIpc) is 2.41. The molecule has 0 aliphatic carbocycles. The minimum Gasteiger partial charge on any atom is -0.343 e. The molecule has 1 saturated heterocycles. The highest BCUT2D eigenvalue weighted by atomic mass is 16.2. The summed E-state index contributed by atoms with van der Waals surface area (Å²) in [6.45, 7) is 9.88. The van der Waals surface area contributed by atoms with Crippen LogP contribution in [0.3, 0.4) is 0 Å². The molecule has 1 heterocycles. The molecular weight excluding hydrogens is 238 g/mol. The van der Waals surface area contributed by atoms with E-state index in [9.17, 15) is 4.79 Å². The van der Waals surface area contributed by atoms with E-state index in [1.54, 1.807) is 0 Å². The Kier molecular flexibility index (Phi) is 8.07. The van der Waals surface area contributed by atoms with Crippen molar-refractivity contribution in [3.8, 4) is 0 Å². The van der Waals surface area contributed by atoms with Gasteiger partial charge in [0.25, 0.3) is 0 Å². The van der Waals surface area contributed by atoms with Crippen LogP contribution >= 0.6 is 0 Å². The van der Waals surface area contributed by atoms with Gasteiger partial charge in [0.1, 0.15) is 0 Å². The van der Waals surface area contributed by atoms with Crippen molar-refractivity contribution >= 4 is 5.91 Å². The number of nitrogens with zero attached hydrogens (tertiary/aromatic N) is 1. The third-order valence-corrected chi connectivity index (χ3v) is 4.00. The maximum Gasteiger partial charge on any atom is 0.223 e. The van der Waals surface area contributed by atoms with E-state index in [1.165, 1.54) is 25.7 Å². The highest BCUT2D eigenvalue weighted by Gasteiger charge is 2.16. The fourth-order valence-corrected chi connectivity index (χ4v) is 2.80. The Morgan fingerprint density at radius 1 is 1.37 bits per heavy atom. The van der Waals surface area contributed by atoms with Gasteiger partial charge < -0.3 is 15.5 Å². The van der Waals surface area contributed by atoms with Crippen LogP contribution in [0.2, 0.25) is 0 Å². The normalized spacial score (nSPS) is 21.1. The van der Waals surface area contributed by atoms with Gasteiger partial charge >= 0.3 is 0 Å². The summed E-state index contributed by atoms with van der Waals surface area (Å²) in [5.74, 6) is 0.264. The predicted molar refractivity (Wildman–Crippen MR) is 80.3 cm³/mol. The Balaban J connectivity index is 2.12. The van der Waals surface area contributed by atoms with Crippen LogP contribution in [-0.4, -0.2) is 49.1 Å². The van der Waals surface area contributed by atoms with E-state index in [0.29, 0.717) is 18.5 Å². The van der Waals surface area contributed by atoms with Crippen molar-refractivity contribution in [3.05, 3.63) is 0 Å². The molecule has 1 rings (SSSR count). The first-order valence-electron chi connectivity index (χ1n) is 7.91. The van der Waals surface area contributed by atoms with Crippen LogP contribution in [0.1, 0.15) is 52.9 Å². The molecule has 0 spiro atoms. The van der Waals surface area contributed by atoms with Gasteiger partial charge in [0, 0.05) is 38.1 Å². The summed E-state index contributed by atoms with van der Waals surface area (Å²) in [6, 6.07) is 1.15. The zero-order chi connectivity index (χ0) is 14.1. The summed E-state index contributed by atoms with van der Waals surface area (Å²) < 4.78 is 0. The number of hydrogen-bond acceptors (Lipinski definition) is 3. The number of piperidine rings is 1. The molecule has 0 bridgehead atoms. The molecule has 2 atom stereocenters. The van der Waals surface area contributed by atoms with Crippen LogP contribution in [0.15, 0.2) is 0 Å². The summed E-state index contributed by atoms with van der Waals surface area (Å²) in [6.07, 6.45) is 5.75. The van der Waals surface area contributed by atoms with E-state index in [0.717, 1.165) is 26.2 Å². The average molecular weight is 269 g/mol. The molecule has 2 unspecified atom stereocenters. The van der Waals surface area contributed by atoms with Crippen molar-refractivity contribution < 1.29 is 4.79 Å². The quantitative estimate of drug-likeness (QED) is 0.706. The molecule has 112 valence electrons. The second-order valence-corrected chi connectivity index (χ2v) is 5.55. The largest absolute Gasteiger partial charge is 0.343 e. The fraction of sp³-hybridized carbons (Fsp3) is 0.933. The lowest BCUT2D eigenvalue weighted by Crippen LogP contribution is -2.41. The third-order valence-electron chi connectivity index (χ3n) is 4.00. The first-order valence-corrected chi connectivity index (χ1v) is 7.91. The van der Waals surface area contributed by atoms with E-state index < -0.39 is 0 Å². The van der Waals surface area contributed by atoms with Crippen molar-refractivity contribution in [2.24, 2.45) is 0 Å². The van der Waals surface area contributed by atoms with E-state index in [2.05, 4.69) is 17.6 Å². The second-order valence-electron chi connectivity index (χ2n) is 5.55. The molecule has 0 aromatic carbocycles. The van der Waals surface area contributed by atoms with Gasteiger partial charge in [-0.05, 0) is 46.6 Å².